The van der Waals surface area contributed by atoms with Crippen LogP contribution in [-0.4, -0.2) is 87.5 Å². The van der Waals surface area contributed by atoms with Crippen LogP contribution >= 0.6 is 27.5 Å². The van der Waals surface area contributed by atoms with Gasteiger partial charge in [0, 0.05) is 6.54 Å². The maximum Gasteiger partial charge on any atom is 0.410 e. The van der Waals surface area contributed by atoms with Gasteiger partial charge in [0.2, 0.25) is 0 Å². The number of carbonyl (C=O) groups is 1. The lowest BCUT2D eigenvalue weighted by Gasteiger charge is -2.46. The van der Waals surface area contributed by atoms with E-state index >= 15 is 4.39 Å². The number of anilines is 1. The van der Waals surface area contributed by atoms with Crippen molar-refractivity contribution in [2.24, 2.45) is 0 Å². The Hall–Kier alpha value is -2.11. The first kappa shape index (κ1) is 27.7. The Balaban J connectivity index is 1.30. The molecular formula is C29H36BrClFN5O4. The van der Waals surface area contributed by atoms with Gasteiger partial charge in [-0.3, -0.25) is 9.80 Å². The minimum absolute atomic E-state index is 0.0412. The van der Waals surface area contributed by atoms with Crippen LogP contribution in [0, 0.1) is 5.82 Å². The lowest BCUT2D eigenvalue weighted by atomic mass is 9.88. The highest BCUT2D eigenvalue weighted by molar-refractivity contribution is 9.10. The van der Waals surface area contributed by atoms with E-state index in [4.69, 9.17) is 30.8 Å². The molecule has 0 saturated carbocycles. The molecule has 5 aliphatic heterocycles. The predicted octanol–water partition coefficient (Wildman–Crippen LogP) is 5.93. The first-order valence-electron chi connectivity index (χ1n) is 14.7. The fourth-order valence-electron chi connectivity index (χ4n) is 7.94. The molecule has 2 bridgehead atoms. The summed E-state index contributed by atoms with van der Waals surface area (Å²) in [6.45, 7) is 10.6. The van der Waals surface area contributed by atoms with E-state index in [1.54, 1.807) is 0 Å². The smallest absolute Gasteiger partial charge is 0.410 e. The molecule has 4 saturated heterocycles. The Bertz CT molecular complexity index is 1410. The molecule has 0 radical (unpaired) electrons. The zero-order valence-electron chi connectivity index (χ0n) is 23.9. The largest absolute Gasteiger partial charge is 0.489 e. The van der Waals surface area contributed by atoms with E-state index in [1.807, 2.05) is 25.7 Å². The number of nitrogens with zero attached hydrogens (tertiary/aromatic N) is 5. The lowest BCUT2D eigenvalue weighted by Crippen LogP contribution is -2.63. The fraction of sp³-hybridized carbons (Fsp3) is 0.690. The van der Waals surface area contributed by atoms with Gasteiger partial charge in [0.1, 0.15) is 34.7 Å². The van der Waals surface area contributed by atoms with Gasteiger partial charge in [-0.05, 0) is 95.2 Å². The van der Waals surface area contributed by atoms with Gasteiger partial charge in [-0.1, -0.05) is 11.6 Å². The number of piperazine rings is 1. The second-order valence-corrected chi connectivity index (χ2v) is 14.3. The molecule has 4 fully saturated rings. The summed E-state index contributed by atoms with van der Waals surface area (Å²) >= 11 is 9.97. The summed E-state index contributed by atoms with van der Waals surface area (Å²) in [5.74, 6) is 0.305. The zero-order chi connectivity index (χ0) is 28.8. The summed E-state index contributed by atoms with van der Waals surface area (Å²) in [4.78, 5) is 29.4. The average Bonchev–Trinajstić information content (AvgIpc) is 3.56. The molecule has 1 unspecified atom stereocenters. The SMILES string of the molecule is CC(Oc1nc2c3c(c(Cl)c(Br)c(F)c3n1)OC[C@@H]1[C@@H]3CC[C@H](CN21)N3C(=O)OC(C)(C)C)C12CCCN1CCC2. The third kappa shape index (κ3) is 4.27. The highest BCUT2D eigenvalue weighted by Gasteiger charge is 2.52. The second-order valence-electron chi connectivity index (χ2n) is 13.1. The Morgan fingerprint density at radius 2 is 1.93 bits per heavy atom. The zero-order valence-corrected chi connectivity index (χ0v) is 26.2. The molecule has 1 aromatic heterocycles. The van der Waals surface area contributed by atoms with Crippen molar-refractivity contribution in [2.45, 2.75) is 102 Å². The van der Waals surface area contributed by atoms with Crippen molar-refractivity contribution in [3.63, 3.8) is 0 Å². The normalized spacial score (nSPS) is 27.3. The van der Waals surface area contributed by atoms with Crippen molar-refractivity contribution in [3.05, 3.63) is 15.3 Å². The van der Waals surface area contributed by atoms with Crippen molar-refractivity contribution in [1.82, 2.24) is 19.8 Å². The summed E-state index contributed by atoms with van der Waals surface area (Å²) in [6, 6.07) is -0.299. The Labute approximate surface area is 252 Å². The van der Waals surface area contributed by atoms with Crippen molar-refractivity contribution in [1.29, 1.82) is 0 Å². The van der Waals surface area contributed by atoms with Crippen LogP contribution in [0.1, 0.15) is 66.2 Å². The molecule has 6 heterocycles. The molecule has 9 nitrogen and oxygen atoms in total. The number of rotatable bonds is 3. The van der Waals surface area contributed by atoms with Gasteiger partial charge in [0.05, 0.1) is 33.5 Å². The molecule has 0 spiro atoms. The Kier molecular flexibility index (Phi) is 6.56. The van der Waals surface area contributed by atoms with Gasteiger partial charge in [0.15, 0.2) is 11.6 Å². The summed E-state index contributed by atoms with van der Waals surface area (Å²) in [7, 11) is 0. The quantitative estimate of drug-likeness (QED) is 0.378. The van der Waals surface area contributed by atoms with Gasteiger partial charge in [-0.15, -0.1) is 0 Å². The van der Waals surface area contributed by atoms with Crippen LogP contribution in [-0.2, 0) is 4.74 Å². The van der Waals surface area contributed by atoms with Crippen molar-refractivity contribution >= 4 is 50.3 Å². The highest BCUT2D eigenvalue weighted by Crippen LogP contribution is 2.50. The van der Waals surface area contributed by atoms with E-state index in [1.165, 1.54) is 0 Å². The molecule has 41 heavy (non-hydrogen) atoms. The van der Waals surface area contributed by atoms with E-state index in [0.29, 0.717) is 23.5 Å². The number of amides is 1. The minimum Gasteiger partial charge on any atom is -0.489 e. The van der Waals surface area contributed by atoms with Crippen LogP contribution in [0.15, 0.2) is 4.47 Å². The molecule has 1 amide bonds. The fourth-order valence-corrected chi connectivity index (χ4v) is 8.54. The Morgan fingerprint density at radius 1 is 1.20 bits per heavy atom. The topological polar surface area (TPSA) is 80.3 Å². The van der Waals surface area contributed by atoms with Gasteiger partial charge in [-0.2, -0.15) is 9.97 Å². The third-order valence-electron chi connectivity index (χ3n) is 9.71. The number of aromatic nitrogens is 2. The van der Waals surface area contributed by atoms with E-state index < -0.39 is 11.4 Å². The second kappa shape index (κ2) is 9.71. The molecule has 0 N–H and O–H groups in total. The maximum absolute atomic E-state index is 15.8. The van der Waals surface area contributed by atoms with E-state index in [-0.39, 0.29) is 63.5 Å². The van der Waals surface area contributed by atoms with Crippen molar-refractivity contribution < 1.29 is 23.4 Å². The first-order valence-corrected chi connectivity index (χ1v) is 15.9. The van der Waals surface area contributed by atoms with Crippen LogP contribution in [0.5, 0.6) is 11.8 Å². The van der Waals surface area contributed by atoms with Gasteiger partial charge in [-0.25, -0.2) is 9.18 Å². The van der Waals surface area contributed by atoms with Crippen molar-refractivity contribution in [2.75, 3.05) is 31.1 Å². The summed E-state index contributed by atoms with van der Waals surface area (Å²) in [6.07, 6.45) is 5.60. The maximum atomic E-state index is 15.8. The molecule has 1 aromatic carbocycles. The number of carbonyl (C=O) groups excluding carboxylic acids is 1. The number of halogens is 3. The molecule has 12 heteroatoms. The molecule has 2 aromatic rings. The molecule has 0 aliphatic carbocycles. The molecular weight excluding hydrogens is 617 g/mol. The average molecular weight is 653 g/mol. The lowest BCUT2D eigenvalue weighted by molar-refractivity contribution is 0.00541. The molecule has 4 atom stereocenters. The highest BCUT2D eigenvalue weighted by atomic mass is 79.9. The van der Waals surface area contributed by atoms with E-state index in [0.717, 1.165) is 51.6 Å². The molecule has 7 rings (SSSR count). The van der Waals surface area contributed by atoms with Crippen LogP contribution < -0.4 is 14.4 Å². The number of ether oxygens (including phenoxy) is 3. The molecule has 222 valence electrons. The molecule has 5 aliphatic rings. The predicted molar refractivity (Wildman–Crippen MR) is 157 cm³/mol. The standard InChI is InChI=1S/C29H36BrClFN5O4/c1-15(29-9-5-11-35(29)12-6-10-29)40-26-33-23-19-24(21(31)20(30)22(23)32)39-14-18-17-8-7-16(13-36(18)25(19)34-26)37(17)27(38)41-28(2,3)4/h15-18H,5-14H2,1-4H3/t15?,16-,17+,18-/m1/s1. The number of benzene rings is 1. The number of fused-ring (bicyclic) bond motifs is 6. The Morgan fingerprint density at radius 3 is 2.63 bits per heavy atom. The van der Waals surface area contributed by atoms with E-state index in [9.17, 15) is 4.79 Å². The van der Waals surface area contributed by atoms with E-state index in [2.05, 4.69) is 37.6 Å². The minimum atomic E-state index is -0.601. The van der Waals surface area contributed by atoms with Gasteiger partial charge in [0.25, 0.3) is 0 Å². The van der Waals surface area contributed by atoms with Crippen molar-refractivity contribution in [3.8, 4) is 11.8 Å². The van der Waals surface area contributed by atoms with Gasteiger partial charge >= 0.3 is 12.1 Å². The number of hydrogen-bond donors (Lipinski definition) is 0. The number of hydrogen-bond acceptors (Lipinski definition) is 8. The van der Waals surface area contributed by atoms with Crippen LogP contribution in [0.4, 0.5) is 15.0 Å². The summed E-state index contributed by atoms with van der Waals surface area (Å²) in [5.41, 5.74) is -0.532. The van der Waals surface area contributed by atoms with Gasteiger partial charge < -0.3 is 19.1 Å². The summed E-state index contributed by atoms with van der Waals surface area (Å²) < 4.78 is 34.5. The van der Waals surface area contributed by atoms with Crippen LogP contribution in [0.2, 0.25) is 5.02 Å². The third-order valence-corrected chi connectivity index (χ3v) is 11.0. The van der Waals surface area contributed by atoms with Crippen LogP contribution in [0.3, 0.4) is 0 Å². The van der Waals surface area contributed by atoms with Crippen LogP contribution in [0.25, 0.3) is 10.9 Å². The monoisotopic (exact) mass is 651 g/mol. The summed E-state index contributed by atoms with van der Waals surface area (Å²) in [5, 5.41) is 0.576. The first-order chi connectivity index (χ1) is 19.5.